The van der Waals surface area contributed by atoms with E-state index < -0.39 is 0 Å². The Morgan fingerprint density at radius 3 is 2.30 bits per heavy atom. The number of hydrogen-bond donors (Lipinski definition) is 0. The maximum Gasteiger partial charge on any atom is -0.0127 e. The van der Waals surface area contributed by atoms with Crippen molar-refractivity contribution in [1.82, 2.24) is 0 Å². The first-order chi connectivity index (χ1) is 4.56. The summed E-state index contributed by atoms with van der Waals surface area (Å²) in [5, 5.41) is 0. The average Bonchev–Trinajstić information content (AvgIpc) is 1.78. The zero-order chi connectivity index (χ0) is 8.04. The lowest BCUT2D eigenvalue weighted by Crippen LogP contribution is -1.96. The van der Waals surface area contributed by atoms with Crippen molar-refractivity contribution in [3.63, 3.8) is 0 Å². The first-order valence-electron chi connectivity index (χ1n) is 3.98. The molecule has 0 saturated heterocycles. The summed E-state index contributed by atoms with van der Waals surface area (Å²) in [6.07, 6.45) is 6.57. The van der Waals surface area contributed by atoms with Gasteiger partial charge in [-0.05, 0) is 24.0 Å². The Labute approximate surface area is 64.6 Å². The summed E-state index contributed by atoms with van der Waals surface area (Å²) >= 11 is 0. The molecule has 0 aromatic heterocycles. The Balaban J connectivity index is 3.74. The molecule has 0 spiro atoms. The molecular formula is C10H18. The van der Waals surface area contributed by atoms with Gasteiger partial charge in [-0.15, -0.1) is 5.73 Å². The zero-order valence-electron chi connectivity index (χ0n) is 7.57. The van der Waals surface area contributed by atoms with E-state index in [2.05, 4.69) is 45.6 Å². The largest absolute Gasteiger partial charge is 0.129 e. The van der Waals surface area contributed by atoms with Crippen LogP contribution in [0.25, 0.3) is 0 Å². The molecule has 0 rings (SSSR count). The predicted octanol–water partition coefficient (Wildman–Crippen LogP) is 3.54. The fourth-order valence-electron chi connectivity index (χ4n) is 0.537. The lowest BCUT2D eigenvalue weighted by Gasteiger charge is -2.08. The molecule has 0 aromatic carbocycles. The molecule has 0 N–H and O–H groups in total. The highest BCUT2D eigenvalue weighted by molar-refractivity contribution is 4.92. The van der Waals surface area contributed by atoms with Crippen LogP contribution in [0.3, 0.4) is 0 Å². The second kappa shape index (κ2) is 4.35. The Morgan fingerprint density at radius 1 is 1.30 bits per heavy atom. The molecule has 0 aromatic rings. The molecule has 0 aliphatic rings. The van der Waals surface area contributed by atoms with Gasteiger partial charge in [0.05, 0.1) is 0 Å². The molecule has 0 atom stereocenters. The van der Waals surface area contributed by atoms with E-state index in [0.29, 0.717) is 0 Å². The van der Waals surface area contributed by atoms with Crippen LogP contribution in [0.15, 0.2) is 17.9 Å². The van der Waals surface area contributed by atoms with Crippen molar-refractivity contribution in [2.45, 2.75) is 40.5 Å². The molecular weight excluding hydrogens is 120 g/mol. The summed E-state index contributed by atoms with van der Waals surface area (Å²) in [5.41, 5.74) is 3.46. The van der Waals surface area contributed by atoms with Crippen LogP contribution in [0.2, 0.25) is 0 Å². The van der Waals surface area contributed by atoms with Gasteiger partial charge in [-0.1, -0.05) is 34.1 Å². The van der Waals surface area contributed by atoms with Gasteiger partial charge in [0.15, 0.2) is 0 Å². The smallest absolute Gasteiger partial charge is 0.0127 e. The Morgan fingerprint density at radius 2 is 1.90 bits per heavy atom. The quantitative estimate of drug-likeness (QED) is 0.512. The lowest BCUT2D eigenvalue weighted by molar-refractivity contribution is 0.545. The highest BCUT2D eigenvalue weighted by atomic mass is 14.1. The van der Waals surface area contributed by atoms with Crippen molar-refractivity contribution in [1.29, 1.82) is 0 Å². The van der Waals surface area contributed by atoms with Crippen LogP contribution in [0.4, 0.5) is 0 Å². The van der Waals surface area contributed by atoms with Gasteiger partial charge in [0.1, 0.15) is 0 Å². The second-order valence-electron chi connectivity index (χ2n) is 3.67. The first-order valence-corrected chi connectivity index (χ1v) is 3.98. The molecule has 58 valence electrons. The van der Waals surface area contributed by atoms with Crippen molar-refractivity contribution in [3.8, 4) is 0 Å². The highest BCUT2D eigenvalue weighted by Crippen LogP contribution is 2.13. The molecule has 0 saturated carbocycles. The van der Waals surface area contributed by atoms with Crippen molar-refractivity contribution < 1.29 is 0 Å². The maximum absolute atomic E-state index is 3.18. The predicted molar refractivity (Wildman–Crippen MR) is 47.0 cm³/mol. The minimum Gasteiger partial charge on any atom is -0.129 e. The van der Waals surface area contributed by atoms with Gasteiger partial charge in [-0.25, -0.2) is 0 Å². The van der Waals surface area contributed by atoms with Crippen LogP contribution in [0.5, 0.6) is 0 Å². The Kier molecular flexibility index (Phi) is 4.14. The highest BCUT2D eigenvalue weighted by Gasteiger charge is 2.01. The van der Waals surface area contributed by atoms with Crippen molar-refractivity contribution in [2.24, 2.45) is 5.41 Å². The SMILES string of the molecule is CCCC=C=CC(C)(C)C. The van der Waals surface area contributed by atoms with Gasteiger partial charge in [0, 0.05) is 0 Å². The van der Waals surface area contributed by atoms with Crippen LogP contribution in [0, 0.1) is 5.41 Å². The number of allylic oxidation sites excluding steroid dienone is 1. The van der Waals surface area contributed by atoms with E-state index in [0.717, 1.165) is 6.42 Å². The molecule has 0 aliphatic heterocycles. The maximum atomic E-state index is 3.18. The molecule has 0 heterocycles. The molecule has 0 unspecified atom stereocenters. The van der Waals surface area contributed by atoms with Crippen LogP contribution in [-0.2, 0) is 0 Å². The minimum atomic E-state index is 0.282. The summed E-state index contributed by atoms with van der Waals surface area (Å²) < 4.78 is 0. The van der Waals surface area contributed by atoms with Crippen molar-refractivity contribution in [3.05, 3.63) is 17.9 Å². The molecule has 0 amide bonds. The van der Waals surface area contributed by atoms with Gasteiger partial charge < -0.3 is 0 Å². The third kappa shape index (κ3) is 7.52. The topological polar surface area (TPSA) is 0 Å². The van der Waals surface area contributed by atoms with E-state index in [1.807, 2.05) is 0 Å². The van der Waals surface area contributed by atoms with Crippen LogP contribution >= 0.6 is 0 Å². The number of hydrogen-bond acceptors (Lipinski definition) is 0. The van der Waals surface area contributed by atoms with Gasteiger partial charge in [-0.2, -0.15) is 0 Å². The average molecular weight is 138 g/mol. The fourth-order valence-corrected chi connectivity index (χ4v) is 0.537. The molecule has 0 radical (unpaired) electrons. The zero-order valence-corrected chi connectivity index (χ0v) is 7.57. The second-order valence-corrected chi connectivity index (χ2v) is 3.67. The molecule has 0 heteroatoms. The van der Waals surface area contributed by atoms with E-state index in [-0.39, 0.29) is 5.41 Å². The van der Waals surface area contributed by atoms with Crippen LogP contribution < -0.4 is 0 Å². The van der Waals surface area contributed by atoms with E-state index >= 15 is 0 Å². The molecule has 0 bridgehead atoms. The standard InChI is InChI=1S/C10H18/c1-5-6-7-8-9-10(2,3)4/h7,9H,5-6H2,1-4H3. The van der Waals surface area contributed by atoms with Crippen molar-refractivity contribution >= 4 is 0 Å². The van der Waals surface area contributed by atoms with Crippen LogP contribution in [-0.4, -0.2) is 0 Å². The van der Waals surface area contributed by atoms with Gasteiger partial charge in [-0.3, -0.25) is 0 Å². The molecule has 0 fully saturated rings. The third-order valence-electron chi connectivity index (χ3n) is 1.07. The summed E-state index contributed by atoms with van der Waals surface area (Å²) in [5.74, 6) is 0. The molecule has 10 heavy (non-hydrogen) atoms. The van der Waals surface area contributed by atoms with E-state index in [1.54, 1.807) is 0 Å². The van der Waals surface area contributed by atoms with E-state index in [4.69, 9.17) is 0 Å². The summed E-state index contributed by atoms with van der Waals surface area (Å²) in [4.78, 5) is 0. The Bertz CT molecular complexity index is 129. The fraction of sp³-hybridized carbons (Fsp3) is 0.700. The van der Waals surface area contributed by atoms with Gasteiger partial charge in [0.2, 0.25) is 0 Å². The minimum absolute atomic E-state index is 0.282. The van der Waals surface area contributed by atoms with E-state index in [9.17, 15) is 0 Å². The monoisotopic (exact) mass is 138 g/mol. The third-order valence-corrected chi connectivity index (χ3v) is 1.07. The summed E-state index contributed by atoms with van der Waals surface area (Å²) in [6, 6.07) is 0. The molecule has 0 nitrogen and oxygen atoms in total. The summed E-state index contributed by atoms with van der Waals surface area (Å²) in [7, 11) is 0. The van der Waals surface area contributed by atoms with Crippen LogP contribution in [0.1, 0.15) is 40.5 Å². The number of unbranched alkanes of at least 4 members (excludes halogenated alkanes) is 1. The number of rotatable bonds is 2. The van der Waals surface area contributed by atoms with Gasteiger partial charge in [0.25, 0.3) is 0 Å². The van der Waals surface area contributed by atoms with E-state index in [1.165, 1.54) is 6.42 Å². The van der Waals surface area contributed by atoms with Gasteiger partial charge >= 0.3 is 0 Å². The van der Waals surface area contributed by atoms with Crippen molar-refractivity contribution in [2.75, 3.05) is 0 Å². The lowest BCUT2D eigenvalue weighted by atomic mass is 9.97. The Hall–Kier alpha value is -0.480. The summed E-state index contributed by atoms with van der Waals surface area (Å²) in [6.45, 7) is 8.72. The first kappa shape index (κ1) is 9.52. The molecule has 0 aliphatic carbocycles. The normalized spacial score (nSPS) is 10.4.